The van der Waals surface area contributed by atoms with Crippen LogP contribution in [0.15, 0.2) is 16.5 Å². The van der Waals surface area contributed by atoms with E-state index in [1.54, 1.807) is 0 Å². The normalized spacial score (nSPS) is 22.2. The highest BCUT2D eigenvalue weighted by molar-refractivity contribution is 5.69. The highest BCUT2D eigenvalue weighted by Crippen LogP contribution is 2.47. The molecule has 0 amide bonds. The lowest BCUT2D eigenvalue weighted by molar-refractivity contribution is -0.140. The van der Waals surface area contributed by atoms with Gasteiger partial charge in [0.15, 0.2) is 0 Å². The molecule has 0 spiro atoms. The first-order chi connectivity index (χ1) is 8.60. The molecular formula is C14H21NO3. The molecule has 0 bridgehead atoms. The van der Waals surface area contributed by atoms with Gasteiger partial charge >= 0.3 is 5.97 Å². The van der Waals surface area contributed by atoms with Crippen LogP contribution in [0.2, 0.25) is 0 Å². The van der Waals surface area contributed by atoms with Gasteiger partial charge in [-0.3, -0.25) is 9.69 Å². The molecule has 4 heteroatoms. The molecule has 1 heterocycles. The minimum absolute atomic E-state index is 0.172. The first-order valence-corrected chi connectivity index (χ1v) is 6.44. The summed E-state index contributed by atoms with van der Waals surface area (Å²) in [5.74, 6) is 3.30. The molecule has 1 aliphatic carbocycles. The van der Waals surface area contributed by atoms with Gasteiger partial charge in [-0.1, -0.05) is 6.92 Å². The van der Waals surface area contributed by atoms with Crippen molar-refractivity contribution >= 4 is 5.97 Å². The van der Waals surface area contributed by atoms with Gasteiger partial charge in [-0.05, 0) is 31.5 Å². The Morgan fingerprint density at radius 3 is 2.89 bits per heavy atom. The molecule has 0 radical (unpaired) electrons. The number of esters is 1. The molecule has 1 fully saturated rings. The van der Waals surface area contributed by atoms with E-state index in [4.69, 9.17) is 4.42 Å². The number of furan rings is 1. The molecule has 0 N–H and O–H groups in total. The van der Waals surface area contributed by atoms with Crippen LogP contribution in [0.5, 0.6) is 0 Å². The molecule has 1 aromatic heterocycles. The lowest BCUT2D eigenvalue weighted by atomic mass is 10.3. The zero-order chi connectivity index (χ0) is 13.1. The summed E-state index contributed by atoms with van der Waals surface area (Å²) in [6.07, 6.45) is 1.66. The van der Waals surface area contributed by atoms with Gasteiger partial charge in [0.05, 0.1) is 20.1 Å². The Kier molecular flexibility index (Phi) is 4.07. The van der Waals surface area contributed by atoms with Crippen molar-refractivity contribution in [3.05, 3.63) is 23.7 Å². The number of methoxy groups -OCH3 is 1. The second-order valence-corrected chi connectivity index (χ2v) is 5.19. The number of rotatable bonds is 6. The summed E-state index contributed by atoms with van der Waals surface area (Å²) < 4.78 is 10.4. The van der Waals surface area contributed by atoms with Crippen molar-refractivity contribution in [2.75, 3.05) is 20.7 Å². The SMILES string of the molecule is COC(=O)CCN(C)Cc1ccc(C2CC2C)o1. The highest BCUT2D eigenvalue weighted by Gasteiger charge is 2.36. The fourth-order valence-corrected chi connectivity index (χ4v) is 2.13. The Balaban J connectivity index is 1.78. The van der Waals surface area contributed by atoms with E-state index in [9.17, 15) is 4.79 Å². The molecule has 2 unspecified atom stereocenters. The predicted octanol–water partition coefficient (Wildman–Crippen LogP) is 2.40. The van der Waals surface area contributed by atoms with Crippen molar-refractivity contribution in [3.63, 3.8) is 0 Å². The third-order valence-corrected chi connectivity index (χ3v) is 3.51. The third kappa shape index (κ3) is 3.35. The van der Waals surface area contributed by atoms with E-state index in [1.807, 2.05) is 13.1 Å². The van der Waals surface area contributed by atoms with Crippen molar-refractivity contribution in [2.45, 2.75) is 32.2 Å². The van der Waals surface area contributed by atoms with Gasteiger partial charge in [-0.25, -0.2) is 0 Å². The van der Waals surface area contributed by atoms with E-state index in [0.29, 0.717) is 18.9 Å². The largest absolute Gasteiger partial charge is 0.469 e. The molecule has 1 aliphatic rings. The van der Waals surface area contributed by atoms with E-state index < -0.39 is 0 Å². The van der Waals surface area contributed by atoms with Crippen LogP contribution in [-0.2, 0) is 16.1 Å². The Labute approximate surface area is 108 Å². The van der Waals surface area contributed by atoms with Crippen molar-refractivity contribution in [1.82, 2.24) is 4.90 Å². The summed E-state index contributed by atoms with van der Waals surface area (Å²) in [7, 11) is 3.39. The highest BCUT2D eigenvalue weighted by atomic mass is 16.5. The maximum Gasteiger partial charge on any atom is 0.306 e. The standard InChI is InChI=1S/C14H21NO3/c1-10-8-12(10)13-5-4-11(18-13)9-15(2)7-6-14(16)17-3/h4-5,10,12H,6-9H2,1-3H3. The molecular weight excluding hydrogens is 230 g/mol. The number of hydrogen-bond donors (Lipinski definition) is 0. The summed E-state index contributed by atoms with van der Waals surface area (Å²) in [4.78, 5) is 13.1. The minimum Gasteiger partial charge on any atom is -0.469 e. The van der Waals surface area contributed by atoms with Crippen LogP contribution in [0.25, 0.3) is 0 Å². The maximum absolute atomic E-state index is 11.0. The number of hydrogen-bond acceptors (Lipinski definition) is 4. The van der Waals surface area contributed by atoms with Gasteiger partial charge in [-0.15, -0.1) is 0 Å². The molecule has 0 aliphatic heterocycles. The second-order valence-electron chi connectivity index (χ2n) is 5.19. The lowest BCUT2D eigenvalue weighted by Crippen LogP contribution is -2.21. The van der Waals surface area contributed by atoms with E-state index in [-0.39, 0.29) is 5.97 Å². The van der Waals surface area contributed by atoms with Crippen LogP contribution in [0.3, 0.4) is 0 Å². The monoisotopic (exact) mass is 251 g/mol. The van der Waals surface area contributed by atoms with Crippen molar-refractivity contribution in [2.24, 2.45) is 5.92 Å². The van der Waals surface area contributed by atoms with E-state index in [0.717, 1.165) is 24.0 Å². The molecule has 18 heavy (non-hydrogen) atoms. The lowest BCUT2D eigenvalue weighted by Gasteiger charge is -2.13. The third-order valence-electron chi connectivity index (χ3n) is 3.51. The molecule has 1 saturated carbocycles. The van der Waals surface area contributed by atoms with Crippen LogP contribution in [-0.4, -0.2) is 31.6 Å². The van der Waals surface area contributed by atoms with E-state index >= 15 is 0 Å². The van der Waals surface area contributed by atoms with Crippen LogP contribution in [0.4, 0.5) is 0 Å². The smallest absolute Gasteiger partial charge is 0.306 e. The second kappa shape index (κ2) is 5.57. The Morgan fingerprint density at radius 1 is 1.56 bits per heavy atom. The Hall–Kier alpha value is -1.29. The molecule has 4 nitrogen and oxygen atoms in total. The van der Waals surface area contributed by atoms with Crippen LogP contribution >= 0.6 is 0 Å². The summed E-state index contributed by atoms with van der Waals surface area (Å²) in [6, 6.07) is 4.12. The minimum atomic E-state index is -0.172. The van der Waals surface area contributed by atoms with Gasteiger partial charge in [0.25, 0.3) is 0 Å². The van der Waals surface area contributed by atoms with Gasteiger partial charge in [0.1, 0.15) is 11.5 Å². The van der Waals surface area contributed by atoms with Crippen molar-refractivity contribution in [1.29, 1.82) is 0 Å². The first kappa shape index (κ1) is 13.1. The zero-order valence-electron chi connectivity index (χ0n) is 11.3. The summed E-state index contributed by atoms with van der Waals surface area (Å²) in [6.45, 7) is 3.66. The van der Waals surface area contributed by atoms with Gasteiger partial charge in [0.2, 0.25) is 0 Å². The predicted molar refractivity (Wildman–Crippen MR) is 68.2 cm³/mol. The van der Waals surface area contributed by atoms with Gasteiger partial charge < -0.3 is 9.15 Å². The van der Waals surface area contributed by atoms with Crippen molar-refractivity contribution in [3.8, 4) is 0 Å². The molecule has 0 aromatic carbocycles. The fourth-order valence-electron chi connectivity index (χ4n) is 2.13. The average molecular weight is 251 g/mol. The van der Waals surface area contributed by atoms with E-state index in [2.05, 4.69) is 22.6 Å². The Morgan fingerprint density at radius 2 is 2.28 bits per heavy atom. The summed E-state index contributed by atoms with van der Waals surface area (Å²) in [5.41, 5.74) is 0. The maximum atomic E-state index is 11.0. The van der Waals surface area contributed by atoms with Crippen molar-refractivity contribution < 1.29 is 13.9 Å². The number of nitrogens with zero attached hydrogens (tertiary/aromatic N) is 1. The van der Waals surface area contributed by atoms with E-state index in [1.165, 1.54) is 13.5 Å². The molecule has 2 rings (SSSR count). The summed E-state index contributed by atoms with van der Waals surface area (Å²) in [5, 5.41) is 0. The average Bonchev–Trinajstić information content (AvgIpc) is 2.89. The molecule has 2 atom stereocenters. The topological polar surface area (TPSA) is 42.7 Å². The van der Waals surface area contributed by atoms with Gasteiger partial charge in [0, 0.05) is 12.5 Å². The molecule has 0 saturated heterocycles. The molecule has 100 valence electrons. The zero-order valence-corrected chi connectivity index (χ0v) is 11.3. The molecule has 1 aromatic rings. The van der Waals surface area contributed by atoms with Gasteiger partial charge in [-0.2, -0.15) is 0 Å². The van der Waals surface area contributed by atoms with Crippen LogP contribution in [0.1, 0.15) is 37.2 Å². The number of ether oxygens (including phenoxy) is 1. The quantitative estimate of drug-likeness (QED) is 0.728. The summed E-state index contributed by atoms with van der Waals surface area (Å²) >= 11 is 0. The van der Waals surface area contributed by atoms with Crippen LogP contribution in [0, 0.1) is 5.92 Å². The number of carbonyl (C=O) groups is 1. The van der Waals surface area contributed by atoms with Crippen LogP contribution < -0.4 is 0 Å². The number of carbonyl (C=O) groups excluding carboxylic acids is 1. The fraction of sp³-hybridized carbons (Fsp3) is 0.643. The Bertz CT molecular complexity index is 413. The first-order valence-electron chi connectivity index (χ1n) is 6.44.